The highest BCUT2D eigenvalue weighted by Crippen LogP contribution is 2.25. The first kappa shape index (κ1) is 17.2. The first-order chi connectivity index (χ1) is 13.1. The van der Waals surface area contributed by atoms with Gasteiger partial charge in [0.05, 0.1) is 11.2 Å². The first-order valence-corrected chi connectivity index (χ1v) is 9.10. The second-order valence-corrected chi connectivity index (χ2v) is 6.79. The summed E-state index contributed by atoms with van der Waals surface area (Å²) in [6, 6.07) is 17.7. The molecule has 5 nitrogen and oxygen atoms in total. The molecule has 0 saturated carbocycles. The number of carbonyl (C=O) groups is 2. The molecule has 5 heteroatoms. The molecule has 0 bridgehead atoms. The average molecular weight is 359 g/mol. The second kappa shape index (κ2) is 7.19. The fourth-order valence-corrected chi connectivity index (χ4v) is 3.62. The molecule has 0 saturated heterocycles. The van der Waals surface area contributed by atoms with Crippen LogP contribution in [0.2, 0.25) is 0 Å². The van der Waals surface area contributed by atoms with Gasteiger partial charge in [-0.1, -0.05) is 42.5 Å². The van der Waals surface area contributed by atoms with Crippen LogP contribution in [0.5, 0.6) is 0 Å². The maximum Gasteiger partial charge on any atom is 0.242 e. The van der Waals surface area contributed by atoms with Gasteiger partial charge in [-0.3, -0.25) is 14.6 Å². The summed E-state index contributed by atoms with van der Waals surface area (Å²) in [5.41, 5.74) is 3.87. The minimum Gasteiger partial charge on any atom is -0.336 e. The molecule has 0 radical (unpaired) electrons. The lowest BCUT2D eigenvalue weighted by molar-refractivity contribution is -0.132. The van der Waals surface area contributed by atoms with Crippen LogP contribution in [0.4, 0.5) is 5.69 Å². The number of benzene rings is 2. The highest BCUT2D eigenvalue weighted by Gasteiger charge is 2.25. The molecule has 1 aliphatic rings. The van der Waals surface area contributed by atoms with Gasteiger partial charge in [0.1, 0.15) is 6.54 Å². The lowest BCUT2D eigenvalue weighted by Crippen LogP contribution is -2.44. The zero-order valence-electron chi connectivity index (χ0n) is 15.3. The third-order valence-corrected chi connectivity index (χ3v) is 5.06. The smallest absolute Gasteiger partial charge is 0.242 e. The van der Waals surface area contributed by atoms with Crippen LogP contribution in [0.25, 0.3) is 10.9 Å². The third kappa shape index (κ3) is 3.40. The number of aromatic nitrogens is 1. The van der Waals surface area contributed by atoms with E-state index in [2.05, 4.69) is 17.1 Å². The van der Waals surface area contributed by atoms with E-state index in [4.69, 9.17) is 0 Å². The topological polar surface area (TPSA) is 53.5 Å². The van der Waals surface area contributed by atoms with E-state index in [1.807, 2.05) is 47.4 Å². The van der Waals surface area contributed by atoms with Crippen LogP contribution in [-0.4, -0.2) is 34.8 Å². The van der Waals surface area contributed by atoms with E-state index in [-0.39, 0.29) is 18.4 Å². The van der Waals surface area contributed by atoms with Gasteiger partial charge >= 0.3 is 0 Å². The number of hydrogen-bond donors (Lipinski definition) is 0. The van der Waals surface area contributed by atoms with Gasteiger partial charge in [0.15, 0.2) is 0 Å². The van der Waals surface area contributed by atoms with Gasteiger partial charge in [-0.05, 0) is 29.7 Å². The van der Waals surface area contributed by atoms with Crippen LogP contribution in [-0.2, 0) is 22.6 Å². The molecule has 0 N–H and O–H groups in total. The van der Waals surface area contributed by atoms with Crippen molar-refractivity contribution in [2.24, 2.45) is 0 Å². The molecule has 0 atom stereocenters. The van der Waals surface area contributed by atoms with Crippen molar-refractivity contribution in [3.05, 3.63) is 71.9 Å². The Morgan fingerprint density at radius 1 is 1.04 bits per heavy atom. The van der Waals surface area contributed by atoms with Crippen LogP contribution in [0, 0.1) is 0 Å². The van der Waals surface area contributed by atoms with Gasteiger partial charge in [0.25, 0.3) is 0 Å². The Balaban J connectivity index is 1.59. The summed E-state index contributed by atoms with van der Waals surface area (Å²) in [6.07, 6.45) is 2.55. The molecule has 3 aromatic rings. The van der Waals surface area contributed by atoms with E-state index in [9.17, 15) is 9.59 Å². The third-order valence-electron chi connectivity index (χ3n) is 5.06. The summed E-state index contributed by atoms with van der Waals surface area (Å²) in [4.78, 5) is 33.0. The molecule has 0 aliphatic carbocycles. The van der Waals surface area contributed by atoms with E-state index in [1.165, 1.54) is 23.0 Å². The number of amides is 2. The number of hydrogen-bond acceptors (Lipinski definition) is 3. The number of carbonyl (C=O) groups excluding carboxylic acids is 2. The molecule has 1 aliphatic heterocycles. The van der Waals surface area contributed by atoms with E-state index in [0.29, 0.717) is 18.8 Å². The monoisotopic (exact) mass is 359 g/mol. The molecule has 136 valence electrons. The summed E-state index contributed by atoms with van der Waals surface area (Å²) in [6.45, 7) is 2.78. The van der Waals surface area contributed by atoms with E-state index >= 15 is 0 Å². The van der Waals surface area contributed by atoms with Crippen molar-refractivity contribution in [3.63, 3.8) is 0 Å². The molecule has 2 aromatic carbocycles. The van der Waals surface area contributed by atoms with Gasteiger partial charge in [0.2, 0.25) is 11.8 Å². The van der Waals surface area contributed by atoms with Crippen molar-refractivity contribution in [3.8, 4) is 0 Å². The quantitative estimate of drug-likeness (QED) is 0.722. The Morgan fingerprint density at radius 2 is 1.81 bits per heavy atom. The van der Waals surface area contributed by atoms with Crippen LogP contribution >= 0.6 is 0 Å². The molecule has 0 fully saturated rings. The highest BCUT2D eigenvalue weighted by atomic mass is 16.2. The normalized spacial score (nSPS) is 13.3. The Labute approximate surface area is 158 Å². The van der Waals surface area contributed by atoms with Gasteiger partial charge in [0, 0.05) is 31.6 Å². The lowest BCUT2D eigenvalue weighted by atomic mass is 10.00. The van der Waals surface area contributed by atoms with E-state index < -0.39 is 0 Å². The number of para-hydroxylation sites is 1. The summed E-state index contributed by atoms with van der Waals surface area (Å²) in [5, 5.41) is 0.945. The first-order valence-electron chi connectivity index (χ1n) is 9.10. The molecule has 1 aromatic heterocycles. The van der Waals surface area contributed by atoms with Crippen LogP contribution < -0.4 is 4.90 Å². The van der Waals surface area contributed by atoms with Crippen LogP contribution in [0.1, 0.15) is 18.1 Å². The molecule has 2 amide bonds. The zero-order valence-corrected chi connectivity index (χ0v) is 15.3. The summed E-state index contributed by atoms with van der Waals surface area (Å²) >= 11 is 0. The van der Waals surface area contributed by atoms with Gasteiger partial charge < -0.3 is 9.80 Å². The largest absolute Gasteiger partial charge is 0.336 e. The maximum atomic E-state index is 12.9. The standard InChI is InChI=1S/C22H21N3O2/c1-16(26)25(20-10-4-8-18-9-5-12-23-22(18)20)15-21(27)24-13-11-17-6-2-3-7-19(17)14-24/h2-10,12H,11,13-15H2,1H3. The Kier molecular flexibility index (Phi) is 4.59. The van der Waals surface area contributed by atoms with Gasteiger partial charge in [-0.2, -0.15) is 0 Å². The minimum absolute atomic E-state index is 0.0210. The predicted molar refractivity (Wildman–Crippen MR) is 105 cm³/mol. The highest BCUT2D eigenvalue weighted by molar-refractivity contribution is 6.04. The number of anilines is 1. The summed E-state index contributed by atoms with van der Waals surface area (Å²) in [7, 11) is 0. The second-order valence-electron chi connectivity index (χ2n) is 6.79. The van der Waals surface area contributed by atoms with Gasteiger partial charge in [-0.25, -0.2) is 0 Å². The fraction of sp³-hybridized carbons (Fsp3) is 0.227. The zero-order chi connectivity index (χ0) is 18.8. The molecule has 4 rings (SSSR count). The van der Waals surface area contributed by atoms with Crippen molar-refractivity contribution in [1.82, 2.24) is 9.88 Å². The van der Waals surface area contributed by atoms with Crippen molar-refractivity contribution >= 4 is 28.4 Å². The van der Waals surface area contributed by atoms with Crippen molar-refractivity contribution in [1.29, 1.82) is 0 Å². The molecule has 27 heavy (non-hydrogen) atoms. The van der Waals surface area contributed by atoms with Crippen LogP contribution in [0.15, 0.2) is 60.8 Å². The molecule has 2 heterocycles. The minimum atomic E-state index is -0.168. The van der Waals surface area contributed by atoms with E-state index in [1.54, 1.807) is 6.20 Å². The molecular formula is C22H21N3O2. The maximum absolute atomic E-state index is 12.9. The number of nitrogens with zero attached hydrogens (tertiary/aromatic N) is 3. The lowest BCUT2D eigenvalue weighted by Gasteiger charge is -2.31. The van der Waals surface area contributed by atoms with Crippen molar-refractivity contribution < 1.29 is 9.59 Å². The Morgan fingerprint density at radius 3 is 2.63 bits per heavy atom. The number of rotatable bonds is 3. The fourth-order valence-electron chi connectivity index (χ4n) is 3.62. The van der Waals surface area contributed by atoms with Crippen LogP contribution in [0.3, 0.4) is 0 Å². The summed E-state index contributed by atoms with van der Waals surface area (Å²) < 4.78 is 0. The molecule has 0 spiro atoms. The number of fused-ring (bicyclic) bond motifs is 2. The van der Waals surface area contributed by atoms with Crippen molar-refractivity contribution in [2.75, 3.05) is 18.0 Å². The number of pyridine rings is 1. The Bertz CT molecular complexity index is 1010. The molecule has 0 unspecified atom stereocenters. The predicted octanol–water partition coefficient (Wildman–Crippen LogP) is 3.17. The average Bonchev–Trinajstić information content (AvgIpc) is 2.71. The Hall–Kier alpha value is -3.21. The van der Waals surface area contributed by atoms with Crippen molar-refractivity contribution in [2.45, 2.75) is 19.9 Å². The molecular weight excluding hydrogens is 338 g/mol. The van der Waals surface area contributed by atoms with Gasteiger partial charge in [-0.15, -0.1) is 0 Å². The summed E-state index contributed by atoms with van der Waals surface area (Å²) in [5.74, 6) is -0.216. The van der Waals surface area contributed by atoms with E-state index in [0.717, 1.165) is 17.3 Å². The SMILES string of the molecule is CC(=O)N(CC(=O)N1CCc2ccccc2C1)c1cccc2cccnc12.